The lowest BCUT2D eigenvalue weighted by Crippen LogP contribution is -2.21. The van der Waals surface area contributed by atoms with Gasteiger partial charge in [-0.05, 0) is 52.7 Å². The molecule has 0 bridgehead atoms. The lowest BCUT2D eigenvalue weighted by molar-refractivity contribution is 0.0827. The van der Waals surface area contributed by atoms with Gasteiger partial charge >= 0.3 is 0 Å². The number of aromatic nitrogens is 1. The number of anilines is 1. The second-order valence-corrected chi connectivity index (χ2v) is 5.85. The third-order valence-electron chi connectivity index (χ3n) is 3.12. The van der Waals surface area contributed by atoms with Crippen molar-refractivity contribution in [1.82, 2.24) is 9.88 Å². The van der Waals surface area contributed by atoms with Crippen molar-refractivity contribution in [3.05, 3.63) is 57.8 Å². The average molecular weight is 348 g/mol. The highest BCUT2D eigenvalue weighted by Gasteiger charge is 2.10. The fourth-order valence-electron chi connectivity index (χ4n) is 1.94. The van der Waals surface area contributed by atoms with Crippen LogP contribution in [0.5, 0.6) is 0 Å². The fourth-order valence-corrected chi connectivity index (χ4v) is 2.32. The molecule has 5 heteroatoms. The Morgan fingerprint density at radius 1 is 1.29 bits per heavy atom. The Kier molecular flexibility index (Phi) is 4.96. The van der Waals surface area contributed by atoms with Crippen LogP contribution in [0.4, 0.5) is 5.69 Å². The molecule has 1 N–H and O–H groups in total. The average Bonchev–Trinajstić information content (AvgIpc) is 2.45. The minimum absolute atomic E-state index is 0.00127. The van der Waals surface area contributed by atoms with Gasteiger partial charge in [0.1, 0.15) is 4.60 Å². The molecule has 21 heavy (non-hydrogen) atoms. The molecule has 0 atom stereocenters. The van der Waals surface area contributed by atoms with E-state index in [1.165, 1.54) is 0 Å². The van der Waals surface area contributed by atoms with E-state index >= 15 is 0 Å². The summed E-state index contributed by atoms with van der Waals surface area (Å²) in [7, 11) is 3.50. The number of carbonyl (C=O) groups excluding carboxylic acids is 1. The van der Waals surface area contributed by atoms with Crippen LogP contribution in [0.2, 0.25) is 0 Å². The van der Waals surface area contributed by atoms with E-state index in [0.29, 0.717) is 12.1 Å². The van der Waals surface area contributed by atoms with E-state index in [0.717, 1.165) is 21.5 Å². The molecule has 2 rings (SSSR count). The fraction of sp³-hybridized carbons (Fsp3) is 0.250. The number of nitrogens with one attached hydrogen (secondary N) is 1. The van der Waals surface area contributed by atoms with Gasteiger partial charge in [0.2, 0.25) is 0 Å². The van der Waals surface area contributed by atoms with Gasteiger partial charge in [0, 0.05) is 25.3 Å². The Hall–Kier alpha value is -1.88. The zero-order chi connectivity index (χ0) is 15.4. The first kappa shape index (κ1) is 15.5. The van der Waals surface area contributed by atoms with E-state index in [2.05, 4.69) is 26.2 Å². The van der Waals surface area contributed by atoms with Crippen molar-refractivity contribution >= 4 is 27.5 Å². The summed E-state index contributed by atoms with van der Waals surface area (Å²) in [6, 6.07) is 11.5. The molecule has 0 aliphatic rings. The van der Waals surface area contributed by atoms with Gasteiger partial charge in [-0.2, -0.15) is 0 Å². The second-order valence-electron chi connectivity index (χ2n) is 5.03. The molecule has 4 nitrogen and oxygen atoms in total. The number of benzene rings is 1. The summed E-state index contributed by atoms with van der Waals surface area (Å²) in [5.41, 5.74) is 3.66. The van der Waals surface area contributed by atoms with Gasteiger partial charge in [-0.1, -0.05) is 12.1 Å². The van der Waals surface area contributed by atoms with Gasteiger partial charge in [0.05, 0.1) is 12.2 Å². The molecule has 2 aromatic rings. The monoisotopic (exact) mass is 347 g/mol. The molecule has 1 heterocycles. The molecule has 0 spiro atoms. The van der Waals surface area contributed by atoms with Crippen molar-refractivity contribution in [2.75, 3.05) is 19.4 Å². The van der Waals surface area contributed by atoms with Gasteiger partial charge in [-0.3, -0.25) is 4.79 Å². The number of hydrogen-bond acceptors (Lipinski definition) is 3. The molecular weight excluding hydrogens is 330 g/mol. The quantitative estimate of drug-likeness (QED) is 0.861. The molecule has 0 unspecified atom stereocenters. The summed E-state index contributed by atoms with van der Waals surface area (Å²) in [5.74, 6) is -0.00127. The van der Waals surface area contributed by atoms with Crippen molar-refractivity contribution in [2.24, 2.45) is 0 Å². The van der Waals surface area contributed by atoms with Crippen LogP contribution in [0.15, 0.2) is 41.0 Å². The van der Waals surface area contributed by atoms with Crippen molar-refractivity contribution in [3.63, 3.8) is 0 Å². The lowest BCUT2D eigenvalue weighted by atomic mass is 10.1. The highest BCUT2D eigenvalue weighted by atomic mass is 79.9. The standard InChI is InChI=1S/C16H18BrN3O/c1-11-7-8-12(16(21)20(2)3)9-14(11)18-10-13-5-4-6-15(17)19-13/h4-9,18H,10H2,1-3H3. The molecule has 0 radical (unpaired) electrons. The van der Waals surface area contributed by atoms with Crippen molar-refractivity contribution in [2.45, 2.75) is 13.5 Å². The highest BCUT2D eigenvalue weighted by molar-refractivity contribution is 9.10. The minimum Gasteiger partial charge on any atom is -0.379 e. The molecular formula is C16H18BrN3O. The number of carbonyl (C=O) groups is 1. The Balaban J connectivity index is 2.16. The smallest absolute Gasteiger partial charge is 0.253 e. The Labute approximate surface area is 133 Å². The van der Waals surface area contributed by atoms with Crippen LogP contribution < -0.4 is 5.32 Å². The van der Waals surface area contributed by atoms with E-state index in [9.17, 15) is 4.79 Å². The zero-order valence-corrected chi connectivity index (χ0v) is 13.9. The van der Waals surface area contributed by atoms with Crippen LogP contribution in [0.1, 0.15) is 21.6 Å². The van der Waals surface area contributed by atoms with Crippen LogP contribution >= 0.6 is 15.9 Å². The first-order valence-electron chi connectivity index (χ1n) is 6.65. The third kappa shape index (κ3) is 4.04. The Morgan fingerprint density at radius 3 is 2.71 bits per heavy atom. The SMILES string of the molecule is Cc1ccc(C(=O)N(C)C)cc1NCc1cccc(Br)n1. The van der Waals surface area contributed by atoms with Crippen LogP contribution in [0.3, 0.4) is 0 Å². The minimum atomic E-state index is -0.00127. The van der Waals surface area contributed by atoms with Crippen molar-refractivity contribution in [3.8, 4) is 0 Å². The molecule has 1 aromatic carbocycles. The summed E-state index contributed by atoms with van der Waals surface area (Å²) < 4.78 is 0.815. The number of hydrogen-bond donors (Lipinski definition) is 1. The van der Waals surface area contributed by atoms with Crippen molar-refractivity contribution in [1.29, 1.82) is 0 Å². The molecule has 0 saturated carbocycles. The number of aryl methyl sites for hydroxylation is 1. The first-order valence-corrected chi connectivity index (χ1v) is 7.44. The van der Waals surface area contributed by atoms with Gasteiger partial charge in [0.25, 0.3) is 5.91 Å². The number of amides is 1. The van der Waals surface area contributed by atoms with E-state index < -0.39 is 0 Å². The maximum Gasteiger partial charge on any atom is 0.253 e. The summed E-state index contributed by atoms with van der Waals surface area (Å²) >= 11 is 3.36. The van der Waals surface area contributed by atoms with Gasteiger partial charge in [0.15, 0.2) is 0 Å². The molecule has 1 amide bonds. The summed E-state index contributed by atoms with van der Waals surface area (Å²) in [6.45, 7) is 2.63. The summed E-state index contributed by atoms with van der Waals surface area (Å²) in [6.07, 6.45) is 0. The second kappa shape index (κ2) is 6.72. The number of pyridine rings is 1. The maximum absolute atomic E-state index is 12.0. The third-order valence-corrected chi connectivity index (χ3v) is 3.57. The molecule has 0 fully saturated rings. The first-order chi connectivity index (χ1) is 9.97. The van der Waals surface area contributed by atoms with E-state index in [1.54, 1.807) is 19.0 Å². The highest BCUT2D eigenvalue weighted by Crippen LogP contribution is 2.19. The lowest BCUT2D eigenvalue weighted by Gasteiger charge is -2.14. The Bertz CT molecular complexity index is 656. The maximum atomic E-state index is 12.0. The van der Waals surface area contributed by atoms with Gasteiger partial charge in [-0.25, -0.2) is 4.98 Å². The van der Waals surface area contributed by atoms with Crippen LogP contribution in [0.25, 0.3) is 0 Å². The predicted molar refractivity (Wildman–Crippen MR) is 88.5 cm³/mol. The van der Waals surface area contributed by atoms with E-state index in [4.69, 9.17) is 0 Å². The molecule has 0 aliphatic carbocycles. The number of nitrogens with zero attached hydrogens (tertiary/aromatic N) is 2. The van der Waals surface area contributed by atoms with Gasteiger partial charge in [-0.15, -0.1) is 0 Å². The molecule has 0 aliphatic heterocycles. The topological polar surface area (TPSA) is 45.2 Å². The zero-order valence-electron chi connectivity index (χ0n) is 12.4. The van der Waals surface area contributed by atoms with Gasteiger partial charge < -0.3 is 10.2 Å². The largest absolute Gasteiger partial charge is 0.379 e. The van der Waals surface area contributed by atoms with Crippen LogP contribution in [0, 0.1) is 6.92 Å². The number of halogens is 1. The summed E-state index contributed by atoms with van der Waals surface area (Å²) in [4.78, 5) is 18.0. The Morgan fingerprint density at radius 2 is 2.05 bits per heavy atom. The predicted octanol–water partition coefficient (Wildman–Crippen LogP) is 3.47. The molecule has 0 saturated heterocycles. The molecule has 110 valence electrons. The van der Waals surface area contributed by atoms with E-state index in [-0.39, 0.29) is 5.91 Å². The van der Waals surface area contributed by atoms with Crippen molar-refractivity contribution < 1.29 is 4.79 Å². The van der Waals surface area contributed by atoms with E-state index in [1.807, 2.05) is 43.3 Å². The molecule has 1 aromatic heterocycles. The number of rotatable bonds is 4. The van der Waals surface area contributed by atoms with Crippen LogP contribution in [-0.2, 0) is 6.54 Å². The summed E-state index contributed by atoms with van der Waals surface area (Å²) in [5, 5.41) is 3.34. The van der Waals surface area contributed by atoms with Crippen LogP contribution in [-0.4, -0.2) is 29.9 Å². The normalized spacial score (nSPS) is 10.3.